The summed E-state index contributed by atoms with van der Waals surface area (Å²) >= 11 is 0. The van der Waals surface area contributed by atoms with Crippen molar-refractivity contribution in [3.05, 3.63) is 23.8 Å². The molecule has 0 bridgehead atoms. The van der Waals surface area contributed by atoms with Gasteiger partial charge in [0.25, 0.3) is 0 Å². The summed E-state index contributed by atoms with van der Waals surface area (Å²) in [7, 11) is 0. The highest BCUT2D eigenvalue weighted by Gasteiger charge is 2.10. The van der Waals surface area contributed by atoms with Crippen molar-refractivity contribution >= 4 is 30.5 Å². The first-order chi connectivity index (χ1) is 8.25. The van der Waals surface area contributed by atoms with E-state index in [4.69, 9.17) is 15.2 Å². The number of benzene rings is 1. The van der Waals surface area contributed by atoms with Crippen LogP contribution in [0.3, 0.4) is 0 Å². The second-order valence-corrected chi connectivity index (χ2v) is 4.34. The van der Waals surface area contributed by atoms with Gasteiger partial charge in [-0.1, -0.05) is 6.07 Å². The van der Waals surface area contributed by atoms with Gasteiger partial charge in [0.2, 0.25) is 0 Å². The first kappa shape index (κ1) is 18.3. The fourth-order valence-electron chi connectivity index (χ4n) is 1.91. The molecule has 4 nitrogen and oxygen atoms in total. The van der Waals surface area contributed by atoms with Gasteiger partial charge in [-0.2, -0.15) is 0 Å². The van der Waals surface area contributed by atoms with E-state index in [1.165, 1.54) is 0 Å². The zero-order valence-corrected chi connectivity index (χ0v) is 12.8. The number of hydrogen-bond donors (Lipinski definition) is 1. The lowest BCUT2D eigenvalue weighted by atomic mass is 10.2. The third-order valence-corrected chi connectivity index (χ3v) is 2.93. The van der Waals surface area contributed by atoms with Gasteiger partial charge in [0.1, 0.15) is 12.4 Å². The summed E-state index contributed by atoms with van der Waals surface area (Å²) in [5.74, 6) is 0.781. The van der Waals surface area contributed by atoms with Crippen LogP contribution >= 0.6 is 24.8 Å². The summed E-state index contributed by atoms with van der Waals surface area (Å²) in [6.07, 6.45) is 0. The molecule has 6 heteroatoms. The molecule has 2 rings (SSSR count). The van der Waals surface area contributed by atoms with Gasteiger partial charge in [-0.15, -0.1) is 24.8 Å². The number of halogens is 2. The number of hydrogen-bond acceptors (Lipinski definition) is 4. The maximum Gasteiger partial charge on any atom is 0.142 e. The number of rotatable bonds is 4. The number of nitrogens with two attached hydrogens (primary N) is 1. The monoisotopic (exact) mass is 308 g/mol. The molecule has 1 fully saturated rings. The van der Waals surface area contributed by atoms with Crippen LogP contribution in [-0.4, -0.2) is 44.4 Å². The molecular formula is C13H22Cl2N2O2. The Morgan fingerprint density at radius 2 is 1.95 bits per heavy atom. The minimum atomic E-state index is 0. The lowest BCUT2D eigenvalue weighted by Gasteiger charge is -2.26. The molecule has 0 radical (unpaired) electrons. The predicted octanol–water partition coefficient (Wildman–Crippen LogP) is 2.13. The number of nitrogens with zero attached hydrogens (tertiary/aromatic N) is 1. The first-order valence-electron chi connectivity index (χ1n) is 6.05. The van der Waals surface area contributed by atoms with E-state index in [1.54, 1.807) is 0 Å². The van der Waals surface area contributed by atoms with Crippen LogP contribution < -0.4 is 10.5 Å². The fraction of sp³-hybridized carbons (Fsp3) is 0.538. The zero-order chi connectivity index (χ0) is 12.1. The molecule has 110 valence electrons. The zero-order valence-electron chi connectivity index (χ0n) is 11.1. The number of anilines is 1. The summed E-state index contributed by atoms with van der Waals surface area (Å²) < 4.78 is 11.0. The van der Waals surface area contributed by atoms with Crippen molar-refractivity contribution in [2.45, 2.75) is 6.92 Å². The molecule has 0 aromatic heterocycles. The van der Waals surface area contributed by atoms with Crippen LogP contribution in [0.2, 0.25) is 0 Å². The van der Waals surface area contributed by atoms with E-state index in [0.29, 0.717) is 12.3 Å². The average molecular weight is 309 g/mol. The van der Waals surface area contributed by atoms with Crippen molar-refractivity contribution < 1.29 is 9.47 Å². The molecule has 1 saturated heterocycles. The molecule has 2 N–H and O–H groups in total. The van der Waals surface area contributed by atoms with Gasteiger partial charge in [0.05, 0.1) is 18.9 Å². The van der Waals surface area contributed by atoms with E-state index in [2.05, 4.69) is 4.90 Å². The lowest BCUT2D eigenvalue weighted by molar-refractivity contribution is 0.0323. The second-order valence-electron chi connectivity index (χ2n) is 4.34. The van der Waals surface area contributed by atoms with E-state index in [1.807, 2.05) is 25.1 Å². The van der Waals surface area contributed by atoms with Crippen LogP contribution in [0.1, 0.15) is 5.56 Å². The molecule has 0 amide bonds. The number of morpholine rings is 1. The molecule has 1 aromatic rings. The smallest absolute Gasteiger partial charge is 0.142 e. The van der Waals surface area contributed by atoms with Crippen molar-refractivity contribution in [3.8, 4) is 5.75 Å². The third kappa shape index (κ3) is 5.87. The third-order valence-electron chi connectivity index (χ3n) is 2.93. The molecule has 0 unspecified atom stereocenters. The van der Waals surface area contributed by atoms with E-state index in [9.17, 15) is 0 Å². The van der Waals surface area contributed by atoms with E-state index in [0.717, 1.165) is 44.2 Å². The van der Waals surface area contributed by atoms with E-state index >= 15 is 0 Å². The summed E-state index contributed by atoms with van der Waals surface area (Å²) in [5.41, 5.74) is 7.75. The van der Waals surface area contributed by atoms with Crippen LogP contribution in [0.25, 0.3) is 0 Å². The lowest BCUT2D eigenvalue weighted by Crippen LogP contribution is -2.38. The SMILES string of the molecule is Cc1ccc(OCCN2CCOCC2)c(N)c1.Cl.Cl. The summed E-state index contributed by atoms with van der Waals surface area (Å²) in [4.78, 5) is 2.34. The van der Waals surface area contributed by atoms with Gasteiger partial charge in [0.15, 0.2) is 0 Å². The number of ether oxygens (including phenoxy) is 2. The Kier molecular flexibility index (Phi) is 8.93. The van der Waals surface area contributed by atoms with Crippen LogP contribution in [0.15, 0.2) is 18.2 Å². The maximum atomic E-state index is 5.88. The predicted molar refractivity (Wildman–Crippen MR) is 82.8 cm³/mol. The number of aryl methyl sites for hydroxylation is 1. The Hall–Kier alpha value is -0.680. The van der Waals surface area contributed by atoms with Crippen LogP contribution in [0, 0.1) is 6.92 Å². The largest absolute Gasteiger partial charge is 0.490 e. The van der Waals surface area contributed by atoms with Crippen molar-refractivity contribution in [3.63, 3.8) is 0 Å². The molecule has 1 aromatic carbocycles. The minimum Gasteiger partial charge on any atom is -0.490 e. The van der Waals surface area contributed by atoms with E-state index in [-0.39, 0.29) is 24.8 Å². The Morgan fingerprint density at radius 3 is 2.58 bits per heavy atom. The van der Waals surface area contributed by atoms with Crippen molar-refractivity contribution in [1.29, 1.82) is 0 Å². The standard InChI is InChI=1S/C13H20N2O2.2ClH/c1-11-2-3-13(12(14)10-11)17-9-6-15-4-7-16-8-5-15;;/h2-3,10H,4-9,14H2,1H3;2*1H. The van der Waals surface area contributed by atoms with Gasteiger partial charge in [-0.05, 0) is 24.6 Å². The topological polar surface area (TPSA) is 47.7 Å². The van der Waals surface area contributed by atoms with Crippen LogP contribution in [0.4, 0.5) is 5.69 Å². The van der Waals surface area contributed by atoms with E-state index < -0.39 is 0 Å². The maximum absolute atomic E-state index is 5.88. The van der Waals surface area contributed by atoms with Gasteiger partial charge >= 0.3 is 0 Å². The molecule has 0 aliphatic carbocycles. The first-order valence-corrected chi connectivity index (χ1v) is 6.05. The Bertz CT molecular complexity index is 372. The van der Waals surface area contributed by atoms with Gasteiger partial charge in [-0.3, -0.25) is 4.90 Å². The molecule has 1 heterocycles. The Balaban J connectivity index is 0.00000162. The van der Waals surface area contributed by atoms with Gasteiger partial charge < -0.3 is 15.2 Å². The Labute approximate surface area is 127 Å². The van der Waals surface area contributed by atoms with Crippen LogP contribution in [-0.2, 0) is 4.74 Å². The highest BCUT2D eigenvalue weighted by molar-refractivity contribution is 5.85. The molecule has 19 heavy (non-hydrogen) atoms. The molecule has 0 atom stereocenters. The number of nitrogen functional groups attached to an aromatic ring is 1. The average Bonchev–Trinajstić information content (AvgIpc) is 2.33. The van der Waals surface area contributed by atoms with Crippen LogP contribution in [0.5, 0.6) is 5.75 Å². The highest BCUT2D eigenvalue weighted by atomic mass is 35.5. The molecule has 1 aliphatic heterocycles. The molecular weight excluding hydrogens is 287 g/mol. The summed E-state index contributed by atoms with van der Waals surface area (Å²) in [6, 6.07) is 5.88. The van der Waals surface area contributed by atoms with Gasteiger partial charge in [-0.25, -0.2) is 0 Å². The van der Waals surface area contributed by atoms with Gasteiger partial charge in [0, 0.05) is 19.6 Å². The molecule has 0 spiro atoms. The minimum absolute atomic E-state index is 0. The Morgan fingerprint density at radius 1 is 1.26 bits per heavy atom. The molecule has 0 saturated carbocycles. The summed E-state index contributed by atoms with van der Waals surface area (Å²) in [5, 5.41) is 0. The fourth-order valence-corrected chi connectivity index (χ4v) is 1.91. The summed E-state index contributed by atoms with van der Waals surface area (Å²) in [6.45, 7) is 7.26. The normalized spacial score (nSPS) is 15.2. The second kappa shape index (κ2) is 9.26. The van der Waals surface area contributed by atoms with Crippen molar-refractivity contribution in [2.75, 3.05) is 45.2 Å². The van der Waals surface area contributed by atoms with Crippen molar-refractivity contribution in [2.24, 2.45) is 0 Å². The quantitative estimate of drug-likeness (QED) is 0.866. The molecule has 1 aliphatic rings. The highest BCUT2D eigenvalue weighted by Crippen LogP contribution is 2.21. The van der Waals surface area contributed by atoms with Crippen molar-refractivity contribution in [1.82, 2.24) is 4.90 Å².